The van der Waals surface area contributed by atoms with E-state index in [4.69, 9.17) is 4.42 Å². The van der Waals surface area contributed by atoms with Crippen molar-refractivity contribution in [1.82, 2.24) is 10.2 Å². The third kappa shape index (κ3) is 6.26. The van der Waals surface area contributed by atoms with E-state index in [1.165, 1.54) is 45.1 Å². The molecule has 1 aliphatic rings. The first-order valence-corrected chi connectivity index (χ1v) is 7.71. The first-order valence-electron chi connectivity index (χ1n) is 7.71. The van der Waals surface area contributed by atoms with E-state index in [-0.39, 0.29) is 0 Å². The first kappa shape index (κ1) is 14.6. The van der Waals surface area contributed by atoms with Crippen molar-refractivity contribution >= 4 is 0 Å². The Labute approximate surface area is 117 Å². The molecule has 1 N–H and O–H groups in total. The number of hydrogen-bond donors (Lipinski definition) is 1. The van der Waals surface area contributed by atoms with Crippen LogP contribution in [0, 0.1) is 6.92 Å². The quantitative estimate of drug-likeness (QED) is 0.657. The Bertz CT molecular complexity index is 357. The SMILES string of the molecule is Cc1ccc(CN(C)CCCCCCNC2CC2)o1. The lowest BCUT2D eigenvalue weighted by Crippen LogP contribution is -2.19. The zero-order chi connectivity index (χ0) is 13.5. The molecule has 1 heterocycles. The van der Waals surface area contributed by atoms with Crippen LogP contribution in [0.15, 0.2) is 16.5 Å². The van der Waals surface area contributed by atoms with E-state index in [1.807, 2.05) is 13.0 Å². The fourth-order valence-corrected chi connectivity index (χ4v) is 2.37. The van der Waals surface area contributed by atoms with Gasteiger partial charge in [0.2, 0.25) is 0 Å². The average Bonchev–Trinajstić information content (AvgIpc) is 3.11. The zero-order valence-corrected chi connectivity index (χ0v) is 12.5. The lowest BCUT2D eigenvalue weighted by atomic mass is 10.2. The Morgan fingerprint density at radius 3 is 2.68 bits per heavy atom. The van der Waals surface area contributed by atoms with Gasteiger partial charge in [0.05, 0.1) is 6.54 Å². The fourth-order valence-electron chi connectivity index (χ4n) is 2.37. The summed E-state index contributed by atoms with van der Waals surface area (Å²) in [5, 5.41) is 3.57. The second kappa shape index (κ2) is 7.71. The Morgan fingerprint density at radius 2 is 2.00 bits per heavy atom. The molecule has 1 aromatic rings. The average molecular weight is 264 g/mol. The maximum atomic E-state index is 5.59. The maximum absolute atomic E-state index is 5.59. The number of unbranched alkanes of at least 4 members (excludes halogenated alkanes) is 3. The van der Waals surface area contributed by atoms with Crippen LogP contribution < -0.4 is 5.32 Å². The molecular weight excluding hydrogens is 236 g/mol. The van der Waals surface area contributed by atoms with Crippen molar-refractivity contribution < 1.29 is 4.42 Å². The molecule has 19 heavy (non-hydrogen) atoms. The highest BCUT2D eigenvalue weighted by Crippen LogP contribution is 2.18. The van der Waals surface area contributed by atoms with Crippen molar-refractivity contribution in [2.75, 3.05) is 20.1 Å². The highest BCUT2D eigenvalue weighted by molar-refractivity contribution is 5.05. The van der Waals surface area contributed by atoms with Gasteiger partial charge in [-0.25, -0.2) is 0 Å². The predicted molar refractivity (Wildman–Crippen MR) is 79.3 cm³/mol. The molecule has 1 aliphatic carbocycles. The lowest BCUT2D eigenvalue weighted by Gasteiger charge is -2.14. The van der Waals surface area contributed by atoms with Gasteiger partial charge in [-0.3, -0.25) is 4.90 Å². The number of nitrogens with zero attached hydrogens (tertiary/aromatic N) is 1. The highest BCUT2D eigenvalue weighted by atomic mass is 16.3. The number of aryl methyl sites for hydroxylation is 1. The summed E-state index contributed by atoms with van der Waals surface area (Å²) in [5.74, 6) is 2.08. The molecule has 0 radical (unpaired) electrons. The van der Waals surface area contributed by atoms with Crippen molar-refractivity contribution in [2.45, 2.75) is 58.0 Å². The van der Waals surface area contributed by atoms with Crippen LogP contribution in [0.4, 0.5) is 0 Å². The molecule has 1 saturated carbocycles. The van der Waals surface area contributed by atoms with Crippen molar-refractivity contribution in [3.8, 4) is 0 Å². The Hall–Kier alpha value is -0.800. The minimum Gasteiger partial charge on any atom is -0.465 e. The second-order valence-electron chi connectivity index (χ2n) is 5.89. The minimum atomic E-state index is 0.864. The van der Waals surface area contributed by atoms with Crippen LogP contribution in [-0.2, 0) is 6.54 Å². The second-order valence-corrected chi connectivity index (χ2v) is 5.89. The fraction of sp³-hybridized carbons (Fsp3) is 0.750. The number of hydrogen-bond acceptors (Lipinski definition) is 3. The smallest absolute Gasteiger partial charge is 0.118 e. The summed E-state index contributed by atoms with van der Waals surface area (Å²) >= 11 is 0. The zero-order valence-electron chi connectivity index (χ0n) is 12.5. The summed E-state index contributed by atoms with van der Waals surface area (Å²) in [7, 11) is 2.17. The van der Waals surface area contributed by atoms with Gasteiger partial charge < -0.3 is 9.73 Å². The van der Waals surface area contributed by atoms with Crippen LogP contribution in [0.1, 0.15) is 50.0 Å². The molecule has 3 heteroatoms. The Balaban J connectivity index is 1.43. The topological polar surface area (TPSA) is 28.4 Å². The van der Waals surface area contributed by atoms with Crippen LogP contribution in [0.5, 0.6) is 0 Å². The molecule has 2 rings (SSSR count). The lowest BCUT2D eigenvalue weighted by molar-refractivity contribution is 0.285. The van der Waals surface area contributed by atoms with Gasteiger partial charge in [0, 0.05) is 6.04 Å². The molecule has 0 spiro atoms. The van der Waals surface area contributed by atoms with Crippen molar-refractivity contribution in [1.29, 1.82) is 0 Å². The van der Waals surface area contributed by atoms with Gasteiger partial charge in [0.1, 0.15) is 11.5 Å². The summed E-state index contributed by atoms with van der Waals surface area (Å²) in [6.07, 6.45) is 8.12. The van der Waals surface area contributed by atoms with E-state index in [2.05, 4.69) is 23.3 Å². The maximum Gasteiger partial charge on any atom is 0.118 e. The van der Waals surface area contributed by atoms with Crippen LogP contribution in [-0.4, -0.2) is 31.1 Å². The van der Waals surface area contributed by atoms with Gasteiger partial charge in [-0.2, -0.15) is 0 Å². The van der Waals surface area contributed by atoms with Crippen LogP contribution in [0.3, 0.4) is 0 Å². The van der Waals surface area contributed by atoms with Gasteiger partial charge in [0.15, 0.2) is 0 Å². The largest absolute Gasteiger partial charge is 0.465 e. The van der Waals surface area contributed by atoms with E-state index in [1.54, 1.807) is 0 Å². The number of nitrogens with one attached hydrogen (secondary N) is 1. The third-order valence-electron chi connectivity index (χ3n) is 3.70. The molecule has 0 aliphatic heterocycles. The van der Waals surface area contributed by atoms with Gasteiger partial charge in [-0.1, -0.05) is 12.8 Å². The molecule has 0 bridgehead atoms. The predicted octanol–water partition coefficient (Wildman–Crippen LogP) is 3.33. The molecule has 108 valence electrons. The van der Waals surface area contributed by atoms with Crippen LogP contribution >= 0.6 is 0 Å². The van der Waals surface area contributed by atoms with E-state index < -0.39 is 0 Å². The standard InChI is InChI=1S/C16H28N2O/c1-14-7-10-16(19-14)13-18(2)12-6-4-3-5-11-17-15-8-9-15/h7,10,15,17H,3-6,8-9,11-13H2,1-2H3. The molecule has 3 nitrogen and oxygen atoms in total. The van der Waals surface area contributed by atoms with Crippen molar-refractivity contribution in [3.05, 3.63) is 23.7 Å². The summed E-state index contributed by atoms with van der Waals surface area (Å²) in [6, 6.07) is 4.98. The Morgan fingerprint density at radius 1 is 1.21 bits per heavy atom. The molecule has 0 unspecified atom stereocenters. The highest BCUT2D eigenvalue weighted by Gasteiger charge is 2.19. The molecule has 0 atom stereocenters. The van der Waals surface area contributed by atoms with E-state index in [9.17, 15) is 0 Å². The molecule has 1 fully saturated rings. The van der Waals surface area contributed by atoms with Gasteiger partial charge in [-0.15, -0.1) is 0 Å². The van der Waals surface area contributed by atoms with Gasteiger partial charge >= 0.3 is 0 Å². The summed E-state index contributed by atoms with van der Waals surface area (Å²) in [4.78, 5) is 2.35. The monoisotopic (exact) mass is 264 g/mol. The van der Waals surface area contributed by atoms with Crippen molar-refractivity contribution in [3.63, 3.8) is 0 Å². The molecule has 0 saturated heterocycles. The minimum absolute atomic E-state index is 0.864. The normalized spacial score (nSPS) is 15.3. The molecular formula is C16H28N2O. The summed E-state index contributed by atoms with van der Waals surface area (Å²) < 4.78 is 5.59. The van der Waals surface area contributed by atoms with Crippen LogP contribution in [0.25, 0.3) is 0 Å². The van der Waals surface area contributed by atoms with E-state index in [0.29, 0.717) is 0 Å². The van der Waals surface area contributed by atoms with E-state index in [0.717, 1.165) is 30.7 Å². The summed E-state index contributed by atoms with van der Waals surface area (Å²) in [6.45, 7) is 5.30. The number of rotatable bonds is 10. The first-order chi connectivity index (χ1) is 9.24. The summed E-state index contributed by atoms with van der Waals surface area (Å²) in [5.41, 5.74) is 0. The third-order valence-corrected chi connectivity index (χ3v) is 3.70. The molecule has 1 aromatic heterocycles. The molecule has 0 amide bonds. The number of furan rings is 1. The Kier molecular flexibility index (Phi) is 5.93. The van der Waals surface area contributed by atoms with Gasteiger partial charge in [0.25, 0.3) is 0 Å². The van der Waals surface area contributed by atoms with Crippen molar-refractivity contribution in [2.24, 2.45) is 0 Å². The van der Waals surface area contributed by atoms with Gasteiger partial charge in [-0.05, 0) is 64.9 Å². The molecule has 0 aromatic carbocycles. The van der Waals surface area contributed by atoms with Crippen LogP contribution in [0.2, 0.25) is 0 Å². The van der Waals surface area contributed by atoms with E-state index >= 15 is 0 Å².